The van der Waals surface area contributed by atoms with Gasteiger partial charge in [0.15, 0.2) is 0 Å². The molecule has 9 aromatic heterocycles. The number of aliphatic hydroxyl groups excluding tert-OH is 1. The van der Waals surface area contributed by atoms with Gasteiger partial charge in [-0.2, -0.15) is 0 Å². The molecule has 0 amide bonds. The zero-order chi connectivity index (χ0) is 90.8. The molecule has 0 unspecified atom stereocenters. The van der Waals surface area contributed by atoms with Gasteiger partial charge in [0.25, 0.3) is 0 Å². The van der Waals surface area contributed by atoms with Crippen molar-refractivity contribution in [3.8, 4) is 5.75 Å². The second-order valence-electron chi connectivity index (χ2n) is 37.7. The molecular formula is C119H113N7O3S. The summed E-state index contributed by atoms with van der Waals surface area (Å²) in [4.78, 5) is 0. The molecule has 0 aliphatic rings. The lowest BCUT2D eigenvalue weighted by Crippen LogP contribution is -2.10. The number of nitrogens with zero attached hydrogens (tertiary/aromatic N) is 7. The second-order valence-corrected chi connectivity index (χ2v) is 38.8. The minimum absolute atomic E-state index is 0.0658. The van der Waals surface area contributed by atoms with E-state index >= 15 is 0 Å². The van der Waals surface area contributed by atoms with Crippen LogP contribution in [0.15, 0.2) is 308 Å². The van der Waals surface area contributed by atoms with Crippen LogP contribution in [0.3, 0.4) is 0 Å². The molecule has 11 heteroatoms. The summed E-state index contributed by atoms with van der Waals surface area (Å²) < 4.78 is 30.1. The molecule has 0 radical (unpaired) electrons. The van der Waals surface area contributed by atoms with Crippen LogP contribution in [0.4, 0.5) is 0 Å². The maximum absolute atomic E-state index is 9.25. The van der Waals surface area contributed by atoms with Crippen molar-refractivity contribution in [3.63, 3.8) is 0 Å². The summed E-state index contributed by atoms with van der Waals surface area (Å²) in [6.45, 7) is 26.8. The lowest BCUT2D eigenvalue weighted by atomic mass is 9.85. The van der Waals surface area contributed by atoms with Gasteiger partial charge in [0.2, 0.25) is 0 Å². The molecule has 130 heavy (non-hydrogen) atoms. The number of fused-ring (bicyclic) bond motifs is 29. The zero-order valence-electron chi connectivity index (χ0n) is 78.4. The van der Waals surface area contributed by atoms with E-state index in [-0.39, 0.29) is 17.4 Å². The maximum atomic E-state index is 9.25. The van der Waals surface area contributed by atoms with Gasteiger partial charge in [-0.1, -0.05) is 222 Å². The Morgan fingerprint density at radius 2 is 0.638 bits per heavy atom. The van der Waals surface area contributed by atoms with E-state index in [1.807, 2.05) is 53.8 Å². The Kier molecular flexibility index (Phi) is 22.0. The number of aryl methyl sites for hydroxylation is 13. The monoisotopic (exact) mass is 1720 g/mol. The van der Waals surface area contributed by atoms with Crippen molar-refractivity contribution in [1.82, 2.24) is 32.0 Å². The normalized spacial score (nSPS) is 11.9. The molecule has 0 atom stereocenters. The standard InChI is InChI=1S/C21H27N.C19H13NO.C19H13NS.C17H19N.C15H15NO2.C15H15N.C13H11N/c1-20(2,3)14-8-10-18-16(12-14)17-13-15(21(4,5)6)9-11-19(17)22(18)7;2*1-20-15-8-4-2-7-14(15)18-16(20)11-10-13-12-6-3-5-9-17(12)21-19(13)18;1-10-6-12(3)16-14(8-10)15-9-11(2)7-13(4)17(15)18(16)5;1-16-14-5-3-10(9-17)7-12(14)13-8-11(18-2)4-6-15(13)16;1-10-4-6-14-12(8-10)13-9-11(2)5-7-15(13)16(14)3;1-14-12-8-4-2-6-10(12)11-7-3-5-9-13(11)14/h8-13H,1-7H3;2*2-11H,1H3;6-9H,1-5H3;3-8,17H,9H2,1-2H3;4-9H,1-3H3;2-9H,1H3. The first-order chi connectivity index (χ1) is 62.5. The average molecular weight is 1720 g/mol. The summed E-state index contributed by atoms with van der Waals surface area (Å²) in [6.07, 6.45) is 0. The molecule has 0 spiro atoms. The molecule has 16 aromatic carbocycles. The Labute approximate surface area is 763 Å². The van der Waals surface area contributed by atoms with Gasteiger partial charge in [-0.3, -0.25) is 0 Å². The molecule has 10 nitrogen and oxygen atoms in total. The Morgan fingerprint density at radius 1 is 0.285 bits per heavy atom. The van der Waals surface area contributed by atoms with Crippen LogP contribution in [0.25, 0.3) is 195 Å². The third-order valence-corrected chi connectivity index (χ3v) is 28.2. The number of hydrogen-bond donors (Lipinski definition) is 1. The van der Waals surface area contributed by atoms with E-state index in [1.54, 1.807) is 7.11 Å². The fourth-order valence-electron chi connectivity index (χ4n) is 20.4. The maximum Gasteiger partial charge on any atom is 0.145 e. The Bertz CT molecular complexity index is 8280. The molecule has 1 N–H and O–H groups in total. The average Bonchev–Trinajstić information content (AvgIpc) is 1.59. The molecule has 0 fully saturated rings. The summed E-state index contributed by atoms with van der Waals surface area (Å²) in [5.41, 5.74) is 32.0. The number of methoxy groups -OCH3 is 1. The van der Waals surface area contributed by atoms with Crippen LogP contribution in [0.2, 0.25) is 0 Å². The quantitative estimate of drug-likeness (QED) is 0.187. The van der Waals surface area contributed by atoms with Crippen molar-refractivity contribution in [2.24, 2.45) is 49.3 Å². The van der Waals surface area contributed by atoms with Crippen LogP contribution < -0.4 is 4.74 Å². The largest absolute Gasteiger partial charge is 0.497 e. The van der Waals surface area contributed by atoms with E-state index in [4.69, 9.17) is 9.15 Å². The molecule has 25 aromatic rings. The SMILES string of the molecule is COc1ccc2c(c1)c1cc(CO)ccc1n2C.Cc1cc(C)c2c(c1)c1cc(C)cc(C)c1n2C.Cc1ccc2c(c1)c1cc(C)ccc1n2C.Cn1c2ccc(C(C)(C)C)cc2c2cc(C(C)(C)C)ccc21.Cn1c2ccccc2c2c3oc4ccccc4c3ccc21.Cn1c2ccccc2c2c3sc4ccccc4c3ccc21.Cn1c2ccccc2c2ccccc21. The highest BCUT2D eigenvalue weighted by Gasteiger charge is 2.23. The van der Waals surface area contributed by atoms with E-state index < -0.39 is 0 Å². The first-order valence-electron chi connectivity index (χ1n) is 45.1. The van der Waals surface area contributed by atoms with Gasteiger partial charge in [0.1, 0.15) is 16.9 Å². The lowest BCUT2D eigenvalue weighted by Gasteiger charge is -2.19. The molecular weight excluding hydrogens is 1610 g/mol. The van der Waals surface area contributed by atoms with Crippen LogP contribution in [0.1, 0.15) is 91.6 Å². The zero-order valence-corrected chi connectivity index (χ0v) is 79.2. The minimum atomic E-state index is 0.0658. The summed E-state index contributed by atoms with van der Waals surface area (Å²) in [7, 11) is 16.6. The predicted octanol–water partition coefficient (Wildman–Crippen LogP) is 31.5. The van der Waals surface area contributed by atoms with E-state index in [0.717, 1.165) is 38.8 Å². The van der Waals surface area contributed by atoms with Crippen molar-refractivity contribution in [2.45, 2.75) is 101 Å². The fraction of sp³-hybridized carbons (Fsp3) is 0.193. The third-order valence-electron chi connectivity index (χ3n) is 27.0. The minimum Gasteiger partial charge on any atom is -0.497 e. The van der Waals surface area contributed by atoms with Crippen LogP contribution >= 0.6 is 11.3 Å². The summed E-state index contributed by atoms with van der Waals surface area (Å²) >= 11 is 1.91. The van der Waals surface area contributed by atoms with Crippen molar-refractivity contribution in [2.75, 3.05) is 7.11 Å². The number of benzene rings is 16. The number of ether oxygens (including phenoxy) is 1. The Morgan fingerprint density at radius 3 is 1.12 bits per heavy atom. The van der Waals surface area contributed by atoms with Gasteiger partial charge in [-0.25, -0.2) is 0 Å². The van der Waals surface area contributed by atoms with Gasteiger partial charge < -0.3 is 46.2 Å². The topological polar surface area (TPSA) is 77.1 Å². The molecule has 0 aliphatic carbocycles. The van der Waals surface area contributed by atoms with E-state index in [2.05, 4.69) is 425 Å². The molecule has 648 valence electrons. The number of furan rings is 1. The third kappa shape index (κ3) is 14.9. The number of para-hydroxylation sites is 5. The molecule has 9 heterocycles. The molecule has 0 saturated heterocycles. The van der Waals surface area contributed by atoms with Gasteiger partial charge in [-0.15, -0.1) is 11.3 Å². The first-order valence-corrected chi connectivity index (χ1v) is 45.9. The van der Waals surface area contributed by atoms with Gasteiger partial charge >= 0.3 is 0 Å². The second kappa shape index (κ2) is 33.5. The summed E-state index contributed by atoms with van der Waals surface area (Å²) in [5, 5.41) is 32.8. The van der Waals surface area contributed by atoms with Crippen molar-refractivity contribution >= 4 is 206 Å². The highest BCUT2D eigenvalue weighted by molar-refractivity contribution is 7.26. The summed E-state index contributed by atoms with van der Waals surface area (Å²) in [6, 6.07) is 108. The van der Waals surface area contributed by atoms with E-state index in [0.29, 0.717) is 0 Å². The predicted molar refractivity (Wildman–Crippen MR) is 561 cm³/mol. The number of aliphatic hydroxyl groups is 1. The smallest absolute Gasteiger partial charge is 0.145 e. The van der Waals surface area contributed by atoms with Crippen molar-refractivity contribution in [3.05, 3.63) is 353 Å². The molecule has 0 saturated carbocycles. The van der Waals surface area contributed by atoms with Crippen molar-refractivity contribution in [1.29, 1.82) is 0 Å². The molecule has 0 aliphatic heterocycles. The lowest BCUT2D eigenvalue weighted by molar-refractivity contribution is 0.282. The number of thiophene rings is 1. The first kappa shape index (κ1) is 85.3. The Hall–Kier alpha value is -14.1. The van der Waals surface area contributed by atoms with Crippen LogP contribution in [0.5, 0.6) is 5.75 Å². The number of rotatable bonds is 2. The highest BCUT2D eigenvalue weighted by atomic mass is 32.1. The van der Waals surface area contributed by atoms with Crippen molar-refractivity contribution < 1.29 is 14.3 Å². The van der Waals surface area contributed by atoms with Gasteiger partial charge in [0, 0.05) is 205 Å². The van der Waals surface area contributed by atoms with Gasteiger partial charge in [0.05, 0.1) is 41.2 Å². The Balaban J connectivity index is 0.0000000987. The number of aromatic nitrogens is 7. The van der Waals surface area contributed by atoms with E-state index in [1.165, 1.54) is 212 Å². The highest BCUT2D eigenvalue weighted by Crippen LogP contribution is 2.45. The van der Waals surface area contributed by atoms with Crippen LogP contribution in [-0.4, -0.2) is 44.2 Å². The molecule has 25 rings (SSSR count). The molecule has 0 bridgehead atoms. The van der Waals surface area contributed by atoms with Crippen LogP contribution in [0, 0.1) is 41.5 Å². The van der Waals surface area contributed by atoms with Gasteiger partial charge in [-0.05, 0) is 226 Å². The number of hydrogen-bond acceptors (Lipinski definition) is 4. The van der Waals surface area contributed by atoms with Crippen LogP contribution in [-0.2, 0) is 66.8 Å². The van der Waals surface area contributed by atoms with E-state index in [9.17, 15) is 5.11 Å². The summed E-state index contributed by atoms with van der Waals surface area (Å²) in [5.74, 6) is 0.851. The fourth-order valence-corrected chi connectivity index (χ4v) is 21.6.